The molecule has 1 atom stereocenters. The van der Waals surface area contributed by atoms with E-state index in [1.54, 1.807) is 25.1 Å². The Morgan fingerprint density at radius 3 is 1.44 bits per heavy atom. The highest BCUT2D eigenvalue weighted by molar-refractivity contribution is 7.76. The monoisotopic (exact) mass is 372 g/mol. The van der Waals surface area contributed by atoms with Gasteiger partial charge >= 0.3 is 0 Å². The molecule has 1 unspecified atom stereocenters. The molecular formula is C19H18O4P2. The van der Waals surface area contributed by atoms with Crippen molar-refractivity contribution in [2.24, 2.45) is 0 Å². The summed E-state index contributed by atoms with van der Waals surface area (Å²) in [7, 11) is -1.42. The normalized spacial score (nSPS) is 12.9. The second kappa shape index (κ2) is 7.47. The fourth-order valence-corrected chi connectivity index (χ4v) is 7.92. The molecule has 4 heterocycles. The Hall–Kier alpha value is -2.02. The largest absolute Gasteiger partial charge is 0.464 e. The van der Waals surface area contributed by atoms with Gasteiger partial charge in [0.15, 0.2) is 0 Å². The van der Waals surface area contributed by atoms with Crippen LogP contribution in [0.3, 0.4) is 0 Å². The first-order valence-corrected chi connectivity index (χ1v) is 11.0. The molecule has 4 nitrogen and oxygen atoms in total. The van der Waals surface area contributed by atoms with Crippen LogP contribution in [-0.4, -0.2) is 11.8 Å². The Morgan fingerprint density at radius 2 is 1.08 bits per heavy atom. The van der Waals surface area contributed by atoms with Crippen LogP contribution in [0.15, 0.2) is 91.3 Å². The van der Waals surface area contributed by atoms with Gasteiger partial charge in [0, 0.05) is 15.8 Å². The van der Waals surface area contributed by atoms with Gasteiger partial charge in [-0.25, -0.2) is 0 Å². The third kappa shape index (κ3) is 3.51. The van der Waals surface area contributed by atoms with Gasteiger partial charge in [0.1, 0.15) is 22.0 Å². The third-order valence-corrected chi connectivity index (χ3v) is 9.22. The molecule has 4 aromatic rings. The molecule has 4 rings (SSSR count). The Bertz CT molecular complexity index is 780. The molecule has 0 aromatic carbocycles. The van der Waals surface area contributed by atoms with Crippen LogP contribution in [0.5, 0.6) is 0 Å². The minimum Gasteiger partial charge on any atom is -0.464 e. The summed E-state index contributed by atoms with van der Waals surface area (Å²) in [6, 6.07) is 15.9. The molecule has 0 bridgehead atoms. The molecule has 0 N–H and O–H groups in total. The molecule has 0 spiro atoms. The molecule has 25 heavy (non-hydrogen) atoms. The summed E-state index contributed by atoms with van der Waals surface area (Å²) in [5.41, 5.74) is 4.25. The maximum absolute atomic E-state index is 5.73. The Morgan fingerprint density at radius 1 is 0.680 bits per heavy atom. The van der Waals surface area contributed by atoms with Crippen molar-refractivity contribution in [2.75, 3.05) is 6.16 Å². The van der Waals surface area contributed by atoms with E-state index in [1.807, 2.05) is 48.5 Å². The van der Waals surface area contributed by atoms with Crippen LogP contribution in [-0.2, 0) is 0 Å². The molecule has 0 radical (unpaired) electrons. The Kier molecular flexibility index (Phi) is 4.92. The fraction of sp³-hybridized carbons (Fsp3) is 0.158. The topological polar surface area (TPSA) is 52.6 Å². The van der Waals surface area contributed by atoms with Gasteiger partial charge in [-0.3, -0.25) is 0 Å². The van der Waals surface area contributed by atoms with E-state index in [1.165, 1.54) is 0 Å². The number of hydrogen-bond acceptors (Lipinski definition) is 4. The summed E-state index contributed by atoms with van der Waals surface area (Å²) in [4.78, 5) is 0. The molecule has 0 fully saturated rings. The summed E-state index contributed by atoms with van der Waals surface area (Å²) >= 11 is 0. The molecule has 0 saturated carbocycles. The smallest absolute Gasteiger partial charge is 0.133 e. The lowest BCUT2D eigenvalue weighted by Gasteiger charge is -2.23. The molecule has 0 aliphatic rings. The SMILES string of the molecule is CC(CP(c1ccco1)c1ccco1)P(c1ccco1)c1ccco1. The highest BCUT2D eigenvalue weighted by atomic mass is 31.1. The maximum atomic E-state index is 5.73. The average Bonchev–Trinajstić information content (AvgIpc) is 3.43. The minimum atomic E-state index is -0.723. The van der Waals surface area contributed by atoms with E-state index in [4.69, 9.17) is 17.7 Å². The van der Waals surface area contributed by atoms with Crippen molar-refractivity contribution in [3.63, 3.8) is 0 Å². The predicted molar refractivity (Wildman–Crippen MR) is 102 cm³/mol. The lowest BCUT2D eigenvalue weighted by atomic mass is 10.6. The van der Waals surface area contributed by atoms with Crippen molar-refractivity contribution in [3.05, 3.63) is 73.6 Å². The van der Waals surface area contributed by atoms with Gasteiger partial charge in [0.2, 0.25) is 0 Å². The van der Waals surface area contributed by atoms with Gasteiger partial charge < -0.3 is 17.7 Å². The van der Waals surface area contributed by atoms with E-state index in [-0.39, 0.29) is 0 Å². The van der Waals surface area contributed by atoms with Crippen molar-refractivity contribution >= 4 is 37.8 Å². The zero-order chi connectivity index (χ0) is 17.1. The second-order valence-electron chi connectivity index (χ2n) is 5.63. The zero-order valence-corrected chi connectivity index (χ0v) is 15.5. The van der Waals surface area contributed by atoms with Crippen LogP contribution in [0.25, 0.3) is 0 Å². The fourth-order valence-electron chi connectivity index (χ4n) is 2.84. The van der Waals surface area contributed by atoms with Crippen LogP contribution in [0.1, 0.15) is 6.92 Å². The Balaban J connectivity index is 1.64. The van der Waals surface area contributed by atoms with Gasteiger partial charge in [-0.05, 0) is 60.4 Å². The van der Waals surface area contributed by atoms with E-state index in [0.29, 0.717) is 5.66 Å². The predicted octanol–water partition coefficient (Wildman–Crippen LogP) is 4.01. The van der Waals surface area contributed by atoms with Crippen molar-refractivity contribution in [1.82, 2.24) is 0 Å². The van der Waals surface area contributed by atoms with Gasteiger partial charge in [-0.15, -0.1) is 0 Å². The lowest BCUT2D eigenvalue weighted by molar-refractivity contribution is 0.589. The first-order chi connectivity index (χ1) is 12.3. The van der Waals surface area contributed by atoms with E-state index in [2.05, 4.69) is 6.92 Å². The minimum absolute atomic E-state index is 0.341. The van der Waals surface area contributed by atoms with E-state index >= 15 is 0 Å². The van der Waals surface area contributed by atoms with Crippen molar-refractivity contribution in [1.29, 1.82) is 0 Å². The lowest BCUT2D eigenvalue weighted by Crippen LogP contribution is -2.24. The molecule has 0 saturated heterocycles. The second-order valence-corrected chi connectivity index (χ2v) is 10.2. The molecule has 6 heteroatoms. The van der Waals surface area contributed by atoms with Crippen molar-refractivity contribution in [3.8, 4) is 0 Å². The van der Waals surface area contributed by atoms with Crippen molar-refractivity contribution in [2.45, 2.75) is 12.6 Å². The average molecular weight is 372 g/mol. The van der Waals surface area contributed by atoms with Crippen molar-refractivity contribution < 1.29 is 17.7 Å². The van der Waals surface area contributed by atoms with Gasteiger partial charge in [-0.1, -0.05) is 6.92 Å². The van der Waals surface area contributed by atoms with Gasteiger partial charge in [-0.2, -0.15) is 0 Å². The standard InChI is InChI=1S/C19H18O4P2/c1-15(25(18-8-4-12-22-18)19-9-5-13-23-19)14-24(16-6-2-10-20-16)17-7-3-11-21-17/h2-13,15H,14H2,1H3. The quantitative estimate of drug-likeness (QED) is 0.460. The third-order valence-electron chi connectivity index (χ3n) is 3.92. The van der Waals surface area contributed by atoms with Crippen LogP contribution < -0.4 is 22.0 Å². The summed E-state index contributed by atoms with van der Waals surface area (Å²) in [6.07, 6.45) is 7.83. The first kappa shape index (κ1) is 16.4. The van der Waals surface area contributed by atoms with Crippen LogP contribution in [0, 0.1) is 0 Å². The molecular weight excluding hydrogens is 354 g/mol. The molecule has 0 aliphatic heterocycles. The molecule has 4 aromatic heterocycles. The molecule has 0 aliphatic carbocycles. The van der Waals surface area contributed by atoms with E-state index < -0.39 is 15.8 Å². The van der Waals surface area contributed by atoms with Gasteiger partial charge in [0.25, 0.3) is 0 Å². The van der Waals surface area contributed by atoms with Gasteiger partial charge in [0.05, 0.1) is 25.1 Å². The highest BCUT2D eigenvalue weighted by Gasteiger charge is 2.31. The van der Waals surface area contributed by atoms with E-state index in [0.717, 1.165) is 28.2 Å². The number of furan rings is 4. The number of hydrogen-bond donors (Lipinski definition) is 0. The number of rotatable bonds is 7. The zero-order valence-electron chi connectivity index (χ0n) is 13.7. The Labute approximate surface area is 148 Å². The molecule has 128 valence electrons. The summed E-state index contributed by atoms with van der Waals surface area (Å²) < 4.78 is 22.9. The highest BCUT2D eigenvalue weighted by Crippen LogP contribution is 2.46. The summed E-state index contributed by atoms with van der Waals surface area (Å²) in [5.74, 6) is 0. The summed E-state index contributed by atoms with van der Waals surface area (Å²) in [5, 5.41) is 0. The summed E-state index contributed by atoms with van der Waals surface area (Å²) in [6.45, 7) is 2.25. The first-order valence-electron chi connectivity index (χ1n) is 8.04. The van der Waals surface area contributed by atoms with E-state index in [9.17, 15) is 0 Å². The van der Waals surface area contributed by atoms with Crippen LogP contribution in [0.2, 0.25) is 0 Å². The van der Waals surface area contributed by atoms with Crippen LogP contribution in [0.4, 0.5) is 0 Å². The van der Waals surface area contributed by atoms with Crippen LogP contribution >= 0.6 is 15.8 Å². The maximum Gasteiger partial charge on any atom is 0.133 e. The molecule has 0 amide bonds.